The number of anilines is 1. The number of nitrogens with one attached hydrogen (secondary N) is 1. The fourth-order valence-electron chi connectivity index (χ4n) is 1.51. The second kappa shape index (κ2) is 4.94. The van der Waals surface area contributed by atoms with Crippen molar-refractivity contribution in [2.24, 2.45) is 5.92 Å². The number of pyridine rings is 1. The third-order valence-electron chi connectivity index (χ3n) is 1.97. The van der Waals surface area contributed by atoms with Crippen molar-refractivity contribution in [2.45, 2.75) is 33.2 Å². The first-order valence-corrected chi connectivity index (χ1v) is 4.96. The zero-order chi connectivity index (χ0) is 10.6. The van der Waals surface area contributed by atoms with Gasteiger partial charge in [-0.05, 0) is 31.4 Å². The number of rotatable bonds is 4. The Morgan fingerprint density at radius 3 is 2.57 bits per heavy atom. The lowest BCUT2D eigenvalue weighted by Gasteiger charge is -2.16. The molecule has 0 radical (unpaired) electrons. The molecule has 0 fully saturated rings. The van der Waals surface area contributed by atoms with E-state index in [1.54, 1.807) is 6.07 Å². The molecule has 1 unspecified atom stereocenters. The first-order chi connectivity index (χ1) is 6.58. The molecule has 0 bridgehead atoms. The summed E-state index contributed by atoms with van der Waals surface area (Å²) in [5.41, 5.74) is 0.875. The average molecular weight is 196 g/mol. The summed E-state index contributed by atoms with van der Waals surface area (Å²) in [4.78, 5) is 3.58. The molecule has 1 atom stereocenters. The molecular formula is C11H17FN2. The molecule has 0 saturated heterocycles. The van der Waals surface area contributed by atoms with E-state index in [0.717, 1.165) is 12.1 Å². The van der Waals surface area contributed by atoms with E-state index in [0.29, 0.717) is 12.0 Å². The molecule has 0 amide bonds. The van der Waals surface area contributed by atoms with Gasteiger partial charge in [-0.15, -0.1) is 0 Å². The summed E-state index contributed by atoms with van der Waals surface area (Å²) in [5, 5.41) is 3.27. The van der Waals surface area contributed by atoms with Crippen LogP contribution >= 0.6 is 0 Å². The van der Waals surface area contributed by atoms with Gasteiger partial charge in [-0.3, -0.25) is 0 Å². The van der Waals surface area contributed by atoms with Gasteiger partial charge in [0.2, 0.25) is 5.95 Å². The maximum absolute atomic E-state index is 12.5. The zero-order valence-corrected chi connectivity index (χ0v) is 8.92. The lowest BCUT2D eigenvalue weighted by Crippen LogP contribution is -2.17. The standard InChI is InChI=1S/C11H17FN2/c1-8(2)6-9(3)14-10-4-5-11(12)13-7-10/h4-5,7-9,14H,6H2,1-3H3. The fraction of sp³-hybridized carbons (Fsp3) is 0.545. The SMILES string of the molecule is CC(C)CC(C)Nc1ccc(F)nc1. The Bertz CT molecular complexity index is 269. The molecule has 1 aromatic heterocycles. The number of nitrogens with zero attached hydrogens (tertiary/aromatic N) is 1. The van der Waals surface area contributed by atoms with Crippen LogP contribution in [-0.2, 0) is 0 Å². The summed E-state index contributed by atoms with van der Waals surface area (Å²) >= 11 is 0. The van der Waals surface area contributed by atoms with Gasteiger partial charge in [0.25, 0.3) is 0 Å². The van der Waals surface area contributed by atoms with Gasteiger partial charge in [0.05, 0.1) is 11.9 Å². The Morgan fingerprint density at radius 1 is 1.36 bits per heavy atom. The monoisotopic (exact) mass is 196 g/mol. The molecule has 0 aliphatic carbocycles. The van der Waals surface area contributed by atoms with Crippen molar-refractivity contribution in [3.63, 3.8) is 0 Å². The largest absolute Gasteiger partial charge is 0.381 e. The van der Waals surface area contributed by atoms with Crippen molar-refractivity contribution in [3.05, 3.63) is 24.3 Å². The van der Waals surface area contributed by atoms with E-state index in [4.69, 9.17) is 0 Å². The zero-order valence-electron chi connectivity index (χ0n) is 8.92. The van der Waals surface area contributed by atoms with Gasteiger partial charge in [0.15, 0.2) is 0 Å². The van der Waals surface area contributed by atoms with Crippen LogP contribution in [0.4, 0.5) is 10.1 Å². The van der Waals surface area contributed by atoms with Crippen LogP contribution in [0.3, 0.4) is 0 Å². The third-order valence-corrected chi connectivity index (χ3v) is 1.97. The van der Waals surface area contributed by atoms with Gasteiger partial charge in [-0.2, -0.15) is 4.39 Å². The topological polar surface area (TPSA) is 24.9 Å². The summed E-state index contributed by atoms with van der Waals surface area (Å²) in [5.74, 6) is 0.220. The van der Waals surface area contributed by atoms with Crippen LogP contribution in [0.1, 0.15) is 27.2 Å². The predicted octanol–water partition coefficient (Wildman–Crippen LogP) is 3.07. The van der Waals surface area contributed by atoms with Crippen LogP contribution in [0.25, 0.3) is 0 Å². The molecule has 1 aromatic rings. The van der Waals surface area contributed by atoms with E-state index in [1.807, 2.05) is 0 Å². The van der Waals surface area contributed by atoms with Crippen molar-refractivity contribution < 1.29 is 4.39 Å². The van der Waals surface area contributed by atoms with E-state index in [9.17, 15) is 4.39 Å². The minimum Gasteiger partial charge on any atom is -0.381 e. The maximum Gasteiger partial charge on any atom is 0.212 e. The predicted molar refractivity (Wildman–Crippen MR) is 56.7 cm³/mol. The Hall–Kier alpha value is -1.12. The van der Waals surface area contributed by atoms with Gasteiger partial charge in [-0.1, -0.05) is 13.8 Å². The highest BCUT2D eigenvalue weighted by Crippen LogP contribution is 2.11. The lowest BCUT2D eigenvalue weighted by atomic mass is 10.1. The lowest BCUT2D eigenvalue weighted by molar-refractivity contribution is 0.539. The molecule has 14 heavy (non-hydrogen) atoms. The number of halogens is 1. The smallest absolute Gasteiger partial charge is 0.212 e. The van der Waals surface area contributed by atoms with Gasteiger partial charge in [-0.25, -0.2) is 4.98 Å². The van der Waals surface area contributed by atoms with Crippen molar-refractivity contribution >= 4 is 5.69 Å². The summed E-state index contributed by atoms with van der Waals surface area (Å²) in [6.07, 6.45) is 2.61. The molecule has 1 rings (SSSR count). The van der Waals surface area contributed by atoms with E-state index in [1.165, 1.54) is 12.3 Å². The van der Waals surface area contributed by atoms with E-state index in [2.05, 4.69) is 31.1 Å². The molecule has 1 heterocycles. The first-order valence-electron chi connectivity index (χ1n) is 4.96. The van der Waals surface area contributed by atoms with Gasteiger partial charge in [0.1, 0.15) is 0 Å². The van der Waals surface area contributed by atoms with Crippen LogP contribution in [-0.4, -0.2) is 11.0 Å². The highest BCUT2D eigenvalue weighted by atomic mass is 19.1. The third kappa shape index (κ3) is 3.73. The number of hydrogen-bond acceptors (Lipinski definition) is 2. The second-order valence-electron chi connectivity index (χ2n) is 4.04. The molecule has 0 aromatic carbocycles. The van der Waals surface area contributed by atoms with Gasteiger partial charge in [0, 0.05) is 6.04 Å². The van der Waals surface area contributed by atoms with E-state index < -0.39 is 5.95 Å². The Morgan fingerprint density at radius 2 is 2.07 bits per heavy atom. The van der Waals surface area contributed by atoms with Gasteiger partial charge >= 0.3 is 0 Å². The summed E-state index contributed by atoms with van der Waals surface area (Å²) in [7, 11) is 0. The quantitative estimate of drug-likeness (QED) is 0.748. The molecule has 0 saturated carbocycles. The van der Waals surface area contributed by atoms with Crippen LogP contribution in [0.2, 0.25) is 0 Å². The summed E-state index contributed by atoms with van der Waals surface area (Å²) < 4.78 is 12.5. The van der Waals surface area contributed by atoms with Crippen molar-refractivity contribution in [1.82, 2.24) is 4.98 Å². The van der Waals surface area contributed by atoms with Crippen molar-refractivity contribution in [2.75, 3.05) is 5.32 Å². The first kappa shape index (κ1) is 11.0. The minimum atomic E-state index is -0.438. The molecule has 3 heteroatoms. The normalized spacial score (nSPS) is 12.9. The number of hydrogen-bond donors (Lipinski definition) is 1. The van der Waals surface area contributed by atoms with E-state index >= 15 is 0 Å². The Balaban J connectivity index is 2.47. The second-order valence-corrected chi connectivity index (χ2v) is 4.04. The average Bonchev–Trinajstić information content (AvgIpc) is 2.07. The molecule has 78 valence electrons. The molecule has 0 aliphatic rings. The van der Waals surface area contributed by atoms with Crippen LogP contribution in [0.5, 0.6) is 0 Å². The van der Waals surface area contributed by atoms with Gasteiger partial charge < -0.3 is 5.32 Å². The Kier molecular flexibility index (Phi) is 3.86. The van der Waals surface area contributed by atoms with Crippen molar-refractivity contribution in [3.8, 4) is 0 Å². The molecular weight excluding hydrogens is 179 g/mol. The fourth-order valence-corrected chi connectivity index (χ4v) is 1.51. The highest BCUT2D eigenvalue weighted by molar-refractivity contribution is 5.40. The molecule has 0 aliphatic heterocycles. The highest BCUT2D eigenvalue weighted by Gasteiger charge is 2.04. The van der Waals surface area contributed by atoms with Crippen LogP contribution < -0.4 is 5.32 Å². The van der Waals surface area contributed by atoms with Crippen LogP contribution in [0.15, 0.2) is 18.3 Å². The van der Waals surface area contributed by atoms with Crippen molar-refractivity contribution in [1.29, 1.82) is 0 Å². The molecule has 1 N–H and O–H groups in total. The maximum atomic E-state index is 12.5. The minimum absolute atomic E-state index is 0.391. The molecule has 0 spiro atoms. The Labute approximate surface area is 84.6 Å². The summed E-state index contributed by atoms with van der Waals surface area (Å²) in [6.45, 7) is 6.48. The molecule has 2 nitrogen and oxygen atoms in total. The number of aromatic nitrogens is 1. The van der Waals surface area contributed by atoms with E-state index in [-0.39, 0.29) is 0 Å². The summed E-state index contributed by atoms with van der Waals surface area (Å²) in [6, 6.07) is 3.46. The van der Waals surface area contributed by atoms with Crippen LogP contribution in [0, 0.1) is 11.9 Å².